The van der Waals surface area contributed by atoms with Crippen molar-refractivity contribution in [1.29, 1.82) is 0 Å². The molecule has 0 aliphatic heterocycles. The second kappa shape index (κ2) is 4.38. The summed E-state index contributed by atoms with van der Waals surface area (Å²) in [6.07, 6.45) is 6.53. The molecular weight excluding hydrogens is 284 g/mol. The van der Waals surface area contributed by atoms with Crippen LogP contribution in [0.25, 0.3) is 10.8 Å². The van der Waals surface area contributed by atoms with Gasteiger partial charge in [-0.05, 0) is 12.8 Å². The van der Waals surface area contributed by atoms with Crippen LogP contribution in [0.3, 0.4) is 0 Å². The molecule has 0 N–H and O–H groups in total. The molecule has 0 aromatic carbocycles. The summed E-state index contributed by atoms with van der Waals surface area (Å²) in [5.41, 5.74) is -0.137. The molecule has 3 rings (SSSR count). The monoisotopic (exact) mass is 298 g/mol. The molecule has 8 heteroatoms. The highest BCUT2D eigenvalue weighted by Crippen LogP contribution is 2.48. The molecule has 1 aliphatic rings. The summed E-state index contributed by atoms with van der Waals surface area (Å²) in [5, 5.41) is 7.03. The van der Waals surface area contributed by atoms with Gasteiger partial charge in [-0.1, -0.05) is 0 Å². The Labute approximate surface area is 115 Å². The number of aromatic nitrogens is 4. The van der Waals surface area contributed by atoms with Gasteiger partial charge in [0.1, 0.15) is 16.2 Å². The highest BCUT2D eigenvalue weighted by molar-refractivity contribution is 7.90. The van der Waals surface area contributed by atoms with Gasteiger partial charge >= 0.3 is 0 Å². The largest absolute Gasteiger partial charge is 0.252 e. The number of sulfone groups is 1. The Morgan fingerprint density at radius 3 is 2.79 bits per heavy atom. The van der Waals surface area contributed by atoms with Crippen molar-refractivity contribution in [3.63, 3.8) is 0 Å². The third-order valence-corrected chi connectivity index (χ3v) is 5.09. The predicted octanol–water partition coefficient (Wildman–Crippen LogP) is 1.23. The van der Waals surface area contributed by atoms with Crippen molar-refractivity contribution in [3.8, 4) is 10.8 Å². The number of rotatable bonds is 5. The molecule has 2 heterocycles. The Bertz CT molecular complexity index is 671. The fraction of sp³-hybridized carbons (Fsp3) is 0.545. The van der Waals surface area contributed by atoms with Crippen molar-refractivity contribution in [2.45, 2.75) is 19.4 Å². The molecule has 0 bridgehead atoms. The maximum absolute atomic E-state index is 11.4. The molecule has 0 radical (unpaired) electrons. The van der Waals surface area contributed by atoms with Crippen LogP contribution >= 0.6 is 11.3 Å². The zero-order valence-electron chi connectivity index (χ0n) is 10.5. The van der Waals surface area contributed by atoms with E-state index in [2.05, 4.69) is 15.1 Å². The summed E-state index contributed by atoms with van der Waals surface area (Å²) in [5.74, 6) is 0.831. The lowest BCUT2D eigenvalue weighted by molar-refractivity contribution is 0.430. The maximum atomic E-state index is 11.4. The molecule has 1 aliphatic carbocycles. The van der Waals surface area contributed by atoms with Gasteiger partial charge < -0.3 is 0 Å². The molecule has 19 heavy (non-hydrogen) atoms. The zero-order chi connectivity index (χ0) is 13.5. The van der Waals surface area contributed by atoms with Gasteiger partial charge in [-0.15, -0.1) is 16.4 Å². The molecule has 0 atom stereocenters. The van der Waals surface area contributed by atoms with E-state index in [-0.39, 0.29) is 11.2 Å². The number of nitrogens with zero attached hydrogens (tertiary/aromatic N) is 4. The molecule has 0 amide bonds. The predicted molar refractivity (Wildman–Crippen MR) is 72.5 cm³/mol. The quantitative estimate of drug-likeness (QED) is 0.829. The van der Waals surface area contributed by atoms with Gasteiger partial charge in [0, 0.05) is 29.8 Å². The molecule has 2 aromatic heterocycles. The first-order chi connectivity index (χ1) is 8.96. The Morgan fingerprint density at radius 2 is 2.21 bits per heavy atom. The first kappa shape index (κ1) is 12.7. The van der Waals surface area contributed by atoms with E-state index in [1.165, 1.54) is 17.6 Å². The van der Waals surface area contributed by atoms with Crippen LogP contribution in [0.2, 0.25) is 0 Å². The van der Waals surface area contributed by atoms with Crippen LogP contribution in [0.15, 0.2) is 17.9 Å². The summed E-state index contributed by atoms with van der Waals surface area (Å²) in [6, 6.07) is 0. The molecule has 1 saturated carbocycles. The zero-order valence-corrected chi connectivity index (χ0v) is 12.1. The van der Waals surface area contributed by atoms with Gasteiger partial charge in [0.05, 0.1) is 5.75 Å². The lowest BCUT2D eigenvalue weighted by Crippen LogP contribution is -2.21. The van der Waals surface area contributed by atoms with Crippen LogP contribution in [0.1, 0.15) is 12.8 Å². The van der Waals surface area contributed by atoms with Crippen LogP contribution in [0.4, 0.5) is 0 Å². The average Bonchev–Trinajstić information content (AvgIpc) is 2.78. The summed E-state index contributed by atoms with van der Waals surface area (Å²) < 4.78 is 24.6. The normalized spacial score (nSPS) is 17.5. The van der Waals surface area contributed by atoms with Gasteiger partial charge in [0.2, 0.25) is 5.82 Å². The molecule has 0 unspecified atom stereocenters. The Hall–Kier alpha value is -1.28. The van der Waals surface area contributed by atoms with Crippen LogP contribution in [0, 0.1) is 5.41 Å². The van der Waals surface area contributed by atoms with Crippen LogP contribution < -0.4 is 0 Å². The Balaban J connectivity index is 1.75. The minimum Gasteiger partial charge on any atom is -0.252 e. The van der Waals surface area contributed by atoms with Gasteiger partial charge in [-0.2, -0.15) is 0 Å². The van der Waals surface area contributed by atoms with Crippen molar-refractivity contribution in [3.05, 3.63) is 17.9 Å². The standard InChI is InChI=1S/C11H14N4O2S2/c1-19(16,17)7-11(2-3-11)6-15-8-13-9(14-15)10-12-4-5-18-10/h4-5,8H,2-3,6-7H2,1H3. The fourth-order valence-electron chi connectivity index (χ4n) is 2.23. The second-order valence-electron chi connectivity index (χ2n) is 5.17. The second-order valence-corrected chi connectivity index (χ2v) is 8.21. The van der Waals surface area contributed by atoms with Crippen molar-refractivity contribution in [1.82, 2.24) is 19.7 Å². The van der Waals surface area contributed by atoms with Crippen LogP contribution in [-0.2, 0) is 16.4 Å². The van der Waals surface area contributed by atoms with Crippen molar-refractivity contribution in [2.75, 3.05) is 12.0 Å². The van der Waals surface area contributed by atoms with Gasteiger partial charge in [0.25, 0.3) is 0 Å². The molecule has 0 saturated heterocycles. The third-order valence-electron chi connectivity index (χ3n) is 3.18. The van der Waals surface area contributed by atoms with Crippen LogP contribution in [-0.4, -0.2) is 40.2 Å². The summed E-state index contributed by atoms with van der Waals surface area (Å²) >= 11 is 1.49. The molecule has 2 aromatic rings. The fourth-order valence-corrected chi connectivity index (χ4v) is 4.29. The van der Waals surface area contributed by atoms with Crippen LogP contribution in [0.5, 0.6) is 0 Å². The summed E-state index contributed by atoms with van der Waals surface area (Å²) in [4.78, 5) is 8.37. The summed E-state index contributed by atoms with van der Waals surface area (Å²) in [6.45, 7) is 0.610. The SMILES string of the molecule is CS(=O)(=O)CC1(Cn2cnc(-c3nccs3)n2)CC1. The van der Waals surface area contributed by atoms with E-state index >= 15 is 0 Å². The number of thiazole rings is 1. The van der Waals surface area contributed by atoms with Crippen molar-refractivity contribution < 1.29 is 8.42 Å². The highest BCUT2D eigenvalue weighted by Gasteiger charge is 2.45. The van der Waals surface area contributed by atoms with Gasteiger partial charge in [-0.3, -0.25) is 4.68 Å². The van der Waals surface area contributed by atoms with E-state index in [1.54, 1.807) is 17.2 Å². The van der Waals surface area contributed by atoms with Crippen molar-refractivity contribution in [2.24, 2.45) is 5.41 Å². The minimum absolute atomic E-state index is 0.137. The lowest BCUT2D eigenvalue weighted by Gasteiger charge is -2.12. The lowest BCUT2D eigenvalue weighted by atomic mass is 10.1. The first-order valence-corrected chi connectivity index (χ1v) is 8.87. The molecule has 6 nitrogen and oxygen atoms in total. The van der Waals surface area contributed by atoms with E-state index in [9.17, 15) is 8.42 Å². The van der Waals surface area contributed by atoms with E-state index in [0.717, 1.165) is 17.8 Å². The smallest absolute Gasteiger partial charge is 0.210 e. The van der Waals surface area contributed by atoms with E-state index in [4.69, 9.17) is 0 Å². The average molecular weight is 298 g/mol. The molecule has 1 fully saturated rings. The third kappa shape index (κ3) is 3.01. The van der Waals surface area contributed by atoms with E-state index < -0.39 is 9.84 Å². The van der Waals surface area contributed by atoms with E-state index in [1.807, 2.05) is 5.38 Å². The molecular formula is C11H14N4O2S2. The van der Waals surface area contributed by atoms with Gasteiger partial charge in [-0.25, -0.2) is 18.4 Å². The minimum atomic E-state index is -2.95. The van der Waals surface area contributed by atoms with E-state index in [0.29, 0.717) is 12.4 Å². The molecule has 0 spiro atoms. The molecule has 102 valence electrons. The number of hydrogen-bond acceptors (Lipinski definition) is 6. The van der Waals surface area contributed by atoms with Crippen molar-refractivity contribution >= 4 is 21.2 Å². The van der Waals surface area contributed by atoms with Gasteiger partial charge in [0.15, 0.2) is 5.01 Å². The first-order valence-electron chi connectivity index (χ1n) is 5.93. The Morgan fingerprint density at radius 1 is 1.42 bits per heavy atom. The maximum Gasteiger partial charge on any atom is 0.210 e. The number of hydrogen-bond donors (Lipinski definition) is 0. The topological polar surface area (TPSA) is 77.7 Å². The summed E-state index contributed by atoms with van der Waals surface area (Å²) in [7, 11) is -2.95. The highest BCUT2D eigenvalue weighted by atomic mass is 32.2. The Kier molecular flexibility index (Phi) is 2.94.